The van der Waals surface area contributed by atoms with Gasteiger partial charge in [-0.05, 0) is 24.6 Å². The van der Waals surface area contributed by atoms with Crippen molar-refractivity contribution in [3.8, 4) is 11.5 Å². The van der Waals surface area contributed by atoms with Gasteiger partial charge in [-0.1, -0.05) is 0 Å². The summed E-state index contributed by atoms with van der Waals surface area (Å²) in [7, 11) is 1.47. The SMILES string of the molecule is COCC1(C(=O)O)CCN(C(=O)c2ccc3c(c2)OCCCO3)C1. The Hall–Kier alpha value is -2.28. The van der Waals surface area contributed by atoms with E-state index in [0.717, 1.165) is 6.42 Å². The van der Waals surface area contributed by atoms with E-state index in [9.17, 15) is 14.7 Å². The van der Waals surface area contributed by atoms with Crippen LogP contribution < -0.4 is 9.47 Å². The third-order valence-corrected chi connectivity index (χ3v) is 4.51. The topological polar surface area (TPSA) is 85.3 Å². The molecule has 1 N–H and O–H groups in total. The summed E-state index contributed by atoms with van der Waals surface area (Å²) in [5.41, 5.74) is -0.562. The Morgan fingerprint density at radius 1 is 1.29 bits per heavy atom. The maximum Gasteiger partial charge on any atom is 0.313 e. The minimum absolute atomic E-state index is 0.0905. The van der Waals surface area contributed by atoms with Crippen LogP contribution >= 0.6 is 0 Å². The number of carboxylic acid groups (broad SMARTS) is 1. The van der Waals surface area contributed by atoms with Gasteiger partial charge in [-0.2, -0.15) is 0 Å². The lowest BCUT2D eigenvalue weighted by molar-refractivity contribution is -0.151. The molecule has 2 heterocycles. The molecule has 0 aliphatic carbocycles. The summed E-state index contributed by atoms with van der Waals surface area (Å²) in [4.78, 5) is 25.9. The fourth-order valence-corrected chi connectivity index (χ4v) is 3.16. The van der Waals surface area contributed by atoms with Gasteiger partial charge in [-0.15, -0.1) is 0 Å². The molecular formula is C17H21NO6. The Morgan fingerprint density at radius 3 is 2.75 bits per heavy atom. The van der Waals surface area contributed by atoms with E-state index in [4.69, 9.17) is 14.2 Å². The van der Waals surface area contributed by atoms with E-state index in [2.05, 4.69) is 0 Å². The highest BCUT2D eigenvalue weighted by Crippen LogP contribution is 2.34. The summed E-state index contributed by atoms with van der Waals surface area (Å²) in [6.07, 6.45) is 1.18. The number of benzene rings is 1. The average Bonchev–Trinajstić information content (AvgIpc) is 2.87. The van der Waals surface area contributed by atoms with E-state index in [1.54, 1.807) is 23.1 Å². The van der Waals surface area contributed by atoms with Crippen molar-refractivity contribution >= 4 is 11.9 Å². The molecule has 1 fully saturated rings. The maximum absolute atomic E-state index is 12.7. The number of methoxy groups -OCH3 is 1. The fraction of sp³-hybridized carbons (Fsp3) is 0.529. The van der Waals surface area contributed by atoms with E-state index >= 15 is 0 Å². The lowest BCUT2D eigenvalue weighted by atomic mass is 9.88. The van der Waals surface area contributed by atoms with Gasteiger partial charge in [0.15, 0.2) is 11.5 Å². The highest BCUT2D eigenvalue weighted by atomic mass is 16.5. The Labute approximate surface area is 140 Å². The number of likely N-dealkylation sites (tertiary alicyclic amines) is 1. The Kier molecular flexibility index (Phi) is 4.62. The molecule has 3 rings (SSSR count). The van der Waals surface area contributed by atoms with Gasteiger partial charge >= 0.3 is 5.97 Å². The molecule has 1 aromatic carbocycles. The average molecular weight is 335 g/mol. The molecule has 1 atom stereocenters. The monoisotopic (exact) mass is 335 g/mol. The second-order valence-corrected chi connectivity index (χ2v) is 6.21. The van der Waals surface area contributed by atoms with Crippen molar-refractivity contribution in [3.05, 3.63) is 23.8 Å². The molecule has 1 saturated heterocycles. The lowest BCUT2D eigenvalue weighted by Gasteiger charge is -2.24. The molecule has 1 unspecified atom stereocenters. The molecule has 1 aromatic rings. The zero-order valence-corrected chi connectivity index (χ0v) is 13.6. The van der Waals surface area contributed by atoms with Gasteiger partial charge in [0.2, 0.25) is 0 Å². The van der Waals surface area contributed by atoms with E-state index in [1.165, 1.54) is 7.11 Å². The van der Waals surface area contributed by atoms with Crippen LogP contribution in [-0.4, -0.2) is 61.9 Å². The highest BCUT2D eigenvalue weighted by molar-refractivity contribution is 5.95. The van der Waals surface area contributed by atoms with Crippen LogP contribution in [0.25, 0.3) is 0 Å². The van der Waals surface area contributed by atoms with Gasteiger partial charge < -0.3 is 24.2 Å². The predicted octanol–water partition coefficient (Wildman–Crippen LogP) is 1.41. The lowest BCUT2D eigenvalue weighted by Crippen LogP contribution is -2.40. The molecule has 0 radical (unpaired) electrons. The minimum atomic E-state index is -1.03. The number of fused-ring (bicyclic) bond motifs is 1. The van der Waals surface area contributed by atoms with E-state index < -0.39 is 11.4 Å². The molecule has 0 spiro atoms. The number of aliphatic carboxylic acids is 1. The first-order valence-corrected chi connectivity index (χ1v) is 7.97. The Bertz CT molecular complexity index is 646. The maximum atomic E-state index is 12.7. The standard InChI is InChI=1S/C17H21NO6/c1-22-11-17(16(20)21)5-6-18(10-17)15(19)12-3-4-13-14(9-12)24-8-2-7-23-13/h3-4,9H,2,5-8,10-11H2,1H3,(H,20,21). The first kappa shape index (κ1) is 16.6. The van der Waals surface area contributed by atoms with Gasteiger partial charge in [0.25, 0.3) is 5.91 Å². The third-order valence-electron chi connectivity index (χ3n) is 4.51. The van der Waals surface area contributed by atoms with Gasteiger partial charge in [0.05, 0.1) is 19.8 Å². The van der Waals surface area contributed by atoms with Gasteiger partial charge in [-0.3, -0.25) is 9.59 Å². The fourth-order valence-electron chi connectivity index (χ4n) is 3.16. The number of amides is 1. The molecule has 2 aliphatic rings. The van der Waals surface area contributed by atoms with Crippen molar-refractivity contribution in [1.82, 2.24) is 4.90 Å². The first-order valence-electron chi connectivity index (χ1n) is 7.97. The van der Waals surface area contributed by atoms with Crippen LogP contribution in [0.4, 0.5) is 0 Å². The number of carbonyl (C=O) groups excluding carboxylic acids is 1. The van der Waals surface area contributed by atoms with Crippen LogP contribution in [0.5, 0.6) is 11.5 Å². The second-order valence-electron chi connectivity index (χ2n) is 6.21. The van der Waals surface area contributed by atoms with E-state index in [1.807, 2.05) is 0 Å². The zero-order valence-electron chi connectivity index (χ0n) is 13.6. The van der Waals surface area contributed by atoms with Crippen LogP contribution in [0.3, 0.4) is 0 Å². The number of carbonyl (C=O) groups is 2. The number of hydrogen-bond donors (Lipinski definition) is 1. The smallest absolute Gasteiger partial charge is 0.313 e. The molecule has 24 heavy (non-hydrogen) atoms. The molecule has 7 heteroatoms. The summed E-state index contributed by atoms with van der Waals surface area (Å²) in [5.74, 6) is 0.0480. The largest absolute Gasteiger partial charge is 0.490 e. The van der Waals surface area contributed by atoms with Gasteiger partial charge in [-0.25, -0.2) is 0 Å². The van der Waals surface area contributed by atoms with Crippen molar-refractivity contribution < 1.29 is 28.9 Å². The molecule has 7 nitrogen and oxygen atoms in total. The van der Waals surface area contributed by atoms with E-state index in [-0.39, 0.29) is 19.1 Å². The number of rotatable bonds is 4. The molecular weight excluding hydrogens is 314 g/mol. The molecule has 0 saturated carbocycles. The Morgan fingerprint density at radius 2 is 2.04 bits per heavy atom. The molecule has 2 aliphatic heterocycles. The number of nitrogens with zero attached hydrogens (tertiary/aromatic N) is 1. The summed E-state index contributed by atoms with van der Waals surface area (Å²) in [6.45, 7) is 1.76. The molecule has 0 aromatic heterocycles. The van der Waals surface area contributed by atoms with Crippen molar-refractivity contribution in [2.75, 3.05) is 40.0 Å². The molecule has 130 valence electrons. The third kappa shape index (κ3) is 3.03. The molecule has 0 bridgehead atoms. The second kappa shape index (κ2) is 6.68. The molecule has 1 amide bonds. The number of ether oxygens (including phenoxy) is 3. The van der Waals surface area contributed by atoms with Gasteiger partial charge in [0.1, 0.15) is 5.41 Å². The minimum Gasteiger partial charge on any atom is -0.490 e. The quantitative estimate of drug-likeness (QED) is 0.895. The number of carboxylic acids is 1. The van der Waals surface area contributed by atoms with Crippen molar-refractivity contribution in [2.45, 2.75) is 12.8 Å². The summed E-state index contributed by atoms with van der Waals surface area (Å²) < 4.78 is 16.2. The van der Waals surface area contributed by atoms with Crippen LogP contribution in [0, 0.1) is 5.41 Å². The van der Waals surface area contributed by atoms with Crippen molar-refractivity contribution in [2.24, 2.45) is 5.41 Å². The zero-order chi connectivity index (χ0) is 17.2. The highest BCUT2D eigenvalue weighted by Gasteiger charge is 2.46. The predicted molar refractivity (Wildman–Crippen MR) is 84.5 cm³/mol. The summed E-state index contributed by atoms with van der Waals surface area (Å²) >= 11 is 0. The van der Waals surface area contributed by atoms with Crippen LogP contribution in [0.1, 0.15) is 23.2 Å². The van der Waals surface area contributed by atoms with Crippen LogP contribution in [-0.2, 0) is 9.53 Å². The first-order chi connectivity index (χ1) is 11.6. The summed E-state index contributed by atoms with van der Waals surface area (Å²) in [6, 6.07) is 5.08. The van der Waals surface area contributed by atoms with E-state index in [0.29, 0.717) is 43.2 Å². The van der Waals surface area contributed by atoms with Crippen molar-refractivity contribution in [3.63, 3.8) is 0 Å². The van der Waals surface area contributed by atoms with Crippen LogP contribution in [0.15, 0.2) is 18.2 Å². The summed E-state index contributed by atoms with van der Waals surface area (Å²) in [5, 5.41) is 9.50. The van der Waals surface area contributed by atoms with Gasteiger partial charge in [0, 0.05) is 32.2 Å². The van der Waals surface area contributed by atoms with Crippen molar-refractivity contribution in [1.29, 1.82) is 0 Å². The number of hydrogen-bond acceptors (Lipinski definition) is 5. The Balaban J connectivity index is 1.78. The normalized spacial score (nSPS) is 23.0. The van der Waals surface area contributed by atoms with Crippen LogP contribution in [0.2, 0.25) is 0 Å².